The summed E-state index contributed by atoms with van der Waals surface area (Å²) in [5.41, 5.74) is 5.30. The van der Waals surface area contributed by atoms with Gasteiger partial charge in [0.2, 0.25) is 0 Å². The zero-order chi connectivity index (χ0) is 14.0. The average molecular weight is 415 g/mol. The van der Waals surface area contributed by atoms with Crippen LogP contribution in [0.3, 0.4) is 0 Å². The van der Waals surface area contributed by atoms with Crippen LogP contribution >= 0.6 is 18.9 Å². The zero-order valence-corrected chi connectivity index (χ0v) is 16.0. The topological polar surface area (TPSA) is 0 Å². The van der Waals surface area contributed by atoms with Gasteiger partial charge in [0, 0.05) is 31.7 Å². The van der Waals surface area contributed by atoms with Crippen LogP contribution in [0, 0.1) is 12.5 Å². The summed E-state index contributed by atoms with van der Waals surface area (Å²) in [5, 5.41) is 1.59. The van der Waals surface area contributed by atoms with E-state index in [1.165, 1.54) is 56.9 Å². The molecule has 0 bridgehead atoms. The van der Waals surface area contributed by atoms with Crippen molar-refractivity contribution < 1.29 is 20.4 Å². The van der Waals surface area contributed by atoms with E-state index < -0.39 is 7.26 Å². The van der Waals surface area contributed by atoms with E-state index in [4.69, 9.17) is 11.6 Å². The first-order valence-electron chi connectivity index (χ1n) is 8.17. The summed E-state index contributed by atoms with van der Waals surface area (Å²) in [6.45, 7) is 2.22. The van der Waals surface area contributed by atoms with Crippen molar-refractivity contribution in [2.75, 3.05) is 0 Å². The summed E-state index contributed by atoms with van der Waals surface area (Å²) < 4.78 is 0. The molecule has 0 radical (unpaired) electrons. The molecule has 1 aromatic carbocycles. The Bertz CT molecular complexity index is 434. The maximum absolute atomic E-state index is 6.60. The van der Waals surface area contributed by atoms with Crippen molar-refractivity contribution in [3.63, 3.8) is 0 Å². The van der Waals surface area contributed by atoms with Crippen LogP contribution in [0.15, 0.2) is 24.3 Å². The minimum atomic E-state index is -1.31. The largest absolute Gasteiger partial charge is 0.304 e. The van der Waals surface area contributed by atoms with Crippen molar-refractivity contribution in [2.24, 2.45) is 0 Å². The van der Waals surface area contributed by atoms with Crippen molar-refractivity contribution in [3.05, 3.63) is 35.5 Å². The normalized spacial score (nSPS) is 20.7. The molecule has 3 rings (SSSR count). The van der Waals surface area contributed by atoms with E-state index >= 15 is 0 Å². The maximum Gasteiger partial charge on any atom is 0.0667 e. The Labute approximate surface area is 149 Å². The second-order valence-corrected chi connectivity index (χ2v) is 11.1. The van der Waals surface area contributed by atoms with Gasteiger partial charge in [-0.2, -0.15) is 0 Å². The van der Waals surface area contributed by atoms with E-state index in [1.54, 1.807) is 5.30 Å². The molecule has 0 amide bonds. The number of hydrogen-bond donors (Lipinski definition) is 0. The SMILES string of the molecule is Cc1cccc([P+]([CH-]Cl)(C2CCCC2)C2CCCC2)c1.[Pd]. The van der Waals surface area contributed by atoms with Crippen molar-refractivity contribution >= 4 is 24.2 Å². The molecule has 0 heterocycles. The van der Waals surface area contributed by atoms with Gasteiger partial charge < -0.3 is 11.6 Å². The molecule has 0 aromatic heterocycles. The zero-order valence-electron chi connectivity index (χ0n) is 12.8. The number of aryl methyl sites for hydroxylation is 1. The minimum Gasteiger partial charge on any atom is -0.304 e. The Morgan fingerprint density at radius 2 is 1.52 bits per heavy atom. The van der Waals surface area contributed by atoms with Crippen LogP contribution in [0.5, 0.6) is 0 Å². The molecule has 0 nitrogen and oxygen atoms in total. The van der Waals surface area contributed by atoms with Crippen LogP contribution in [-0.2, 0) is 20.4 Å². The van der Waals surface area contributed by atoms with Gasteiger partial charge in [-0.15, -0.1) is 0 Å². The fraction of sp³-hybridized carbons (Fsp3) is 0.611. The monoisotopic (exact) mass is 414 g/mol. The smallest absolute Gasteiger partial charge is 0.0667 e. The molecular formula is C18H26ClPPd. The maximum atomic E-state index is 6.60. The Hall–Kier alpha value is 0.602. The average Bonchev–Trinajstić information content (AvgIpc) is 3.14. The van der Waals surface area contributed by atoms with Gasteiger partial charge in [-0.25, -0.2) is 0 Å². The van der Waals surface area contributed by atoms with Gasteiger partial charge in [-0.1, -0.05) is 25.0 Å². The van der Waals surface area contributed by atoms with Crippen molar-refractivity contribution in [2.45, 2.75) is 69.6 Å². The van der Waals surface area contributed by atoms with E-state index in [0.29, 0.717) is 0 Å². The summed E-state index contributed by atoms with van der Waals surface area (Å²) >= 11 is 6.60. The summed E-state index contributed by atoms with van der Waals surface area (Å²) in [6.07, 6.45) is 11.3. The van der Waals surface area contributed by atoms with Crippen LogP contribution in [0.4, 0.5) is 0 Å². The Morgan fingerprint density at radius 1 is 1.00 bits per heavy atom. The van der Waals surface area contributed by atoms with E-state index in [0.717, 1.165) is 11.3 Å². The van der Waals surface area contributed by atoms with Crippen molar-refractivity contribution in [3.8, 4) is 0 Å². The summed E-state index contributed by atoms with van der Waals surface area (Å²) in [7, 11) is -1.31. The Kier molecular flexibility index (Phi) is 6.77. The van der Waals surface area contributed by atoms with Gasteiger partial charge in [-0.05, 0) is 76.0 Å². The molecule has 0 saturated heterocycles. The molecule has 21 heavy (non-hydrogen) atoms. The molecular weight excluding hydrogens is 389 g/mol. The molecule has 0 unspecified atom stereocenters. The fourth-order valence-electron chi connectivity index (χ4n) is 4.47. The second-order valence-electron chi connectivity index (χ2n) is 6.65. The predicted molar refractivity (Wildman–Crippen MR) is 92.4 cm³/mol. The van der Waals surface area contributed by atoms with Gasteiger partial charge >= 0.3 is 0 Å². The molecule has 2 aliphatic rings. The molecule has 0 aliphatic heterocycles. The molecule has 2 fully saturated rings. The summed E-state index contributed by atoms with van der Waals surface area (Å²) in [5.74, 6) is 0. The molecule has 2 aliphatic carbocycles. The first-order valence-corrected chi connectivity index (χ1v) is 10.6. The molecule has 2 saturated carbocycles. The van der Waals surface area contributed by atoms with Crippen LogP contribution in [0.2, 0.25) is 0 Å². The van der Waals surface area contributed by atoms with Crippen LogP contribution < -0.4 is 5.30 Å². The summed E-state index contributed by atoms with van der Waals surface area (Å²) in [6, 6.07) is 9.26. The van der Waals surface area contributed by atoms with Gasteiger partial charge in [0.1, 0.15) is 0 Å². The minimum absolute atomic E-state index is 0. The van der Waals surface area contributed by atoms with E-state index in [-0.39, 0.29) is 20.4 Å². The van der Waals surface area contributed by atoms with Gasteiger partial charge in [-0.3, -0.25) is 0 Å². The van der Waals surface area contributed by atoms with Crippen LogP contribution in [0.25, 0.3) is 0 Å². The molecule has 120 valence electrons. The van der Waals surface area contributed by atoms with E-state index in [2.05, 4.69) is 36.8 Å². The standard InChI is InChI=1S/C18H26ClP.Pd/c1-15-7-6-12-18(13-15)20(14-19,16-8-2-3-9-16)17-10-4-5-11-17;/h6-7,12-14,16-17H,2-5,8-11H2,1H3;. The third kappa shape index (κ3) is 3.43. The third-order valence-corrected chi connectivity index (χ3v) is 11.4. The van der Waals surface area contributed by atoms with Crippen LogP contribution in [0.1, 0.15) is 56.9 Å². The van der Waals surface area contributed by atoms with E-state index in [9.17, 15) is 0 Å². The third-order valence-electron chi connectivity index (χ3n) is 5.47. The molecule has 1 aromatic rings. The number of rotatable bonds is 4. The first-order chi connectivity index (χ1) is 9.77. The van der Waals surface area contributed by atoms with Crippen molar-refractivity contribution in [1.82, 2.24) is 0 Å². The van der Waals surface area contributed by atoms with Crippen molar-refractivity contribution in [1.29, 1.82) is 0 Å². The molecule has 0 spiro atoms. The Balaban J connectivity index is 0.00000161. The van der Waals surface area contributed by atoms with Gasteiger partial charge in [0.05, 0.1) is 5.30 Å². The molecule has 0 N–H and O–H groups in total. The summed E-state index contributed by atoms with van der Waals surface area (Å²) in [4.78, 5) is 0. The number of benzene rings is 1. The Morgan fingerprint density at radius 3 is 1.95 bits per heavy atom. The quantitative estimate of drug-likeness (QED) is 0.327. The second kappa shape index (κ2) is 7.93. The molecule has 0 atom stereocenters. The number of halogens is 1. The number of hydrogen-bond acceptors (Lipinski definition) is 0. The first kappa shape index (κ1) is 17.9. The fourth-order valence-corrected chi connectivity index (χ4v) is 10.8. The van der Waals surface area contributed by atoms with Gasteiger partial charge in [0.15, 0.2) is 0 Å². The van der Waals surface area contributed by atoms with E-state index in [1.807, 2.05) is 0 Å². The van der Waals surface area contributed by atoms with Crippen LogP contribution in [-0.4, -0.2) is 11.3 Å². The molecule has 3 heteroatoms. The predicted octanol–water partition coefficient (Wildman–Crippen LogP) is 5.88. The van der Waals surface area contributed by atoms with Gasteiger partial charge in [0.25, 0.3) is 0 Å².